The van der Waals surface area contributed by atoms with Crippen molar-refractivity contribution in [3.8, 4) is 0 Å². The quantitative estimate of drug-likeness (QED) is 0.866. The fourth-order valence-electron chi connectivity index (χ4n) is 1.10. The van der Waals surface area contributed by atoms with Crippen molar-refractivity contribution < 1.29 is 18.3 Å². The second-order valence-corrected chi connectivity index (χ2v) is 3.66. The Morgan fingerprint density at radius 1 is 1.69 bits per heavy atom. The van der Waals surface area contributed by atoms with E-state index in [2.05, 4.69) is 25.7 Å². The van der Waals surface area contributed by atoms with E-state index in [4.69, 9.17) is 5.73 Å². The van der Waals surface area contributed by atoms with E-state index >= 15 is 0 Å². The number of halogens is 3. The molecule has 1 heterocycles. The van der Waals surface area contributed by atoms with Crippen LogP contribution in [0, 0.1) is 0 Å². The van der Waals surface area contributed by atoms with Crippen LogP contribution < -0.4 is 5.73 Å². The van der Waals surface area contributed by atoms with Crippen LogP contribution in [-0.2, 0) is 11.3 Å². The highest BCUT2D eigenvalue weighted by Crippen LogP contribution is 2.26. The van der Waals surface area contributed by atoms with Crippen molar-refractivity contribution in [3.05, 3.63) is 27.5 Å². The molecule has 0 spiro atoms. The minimum absolute atomic E-state index is 0.0207. The first kappa shape index (κ1) is 13.0. The number of methoxy groups -OCH3 is 1. The number of hydrogen-bond acceptors (Lipinski definition) is 4. The number of carbonyl (C=O) groups excluding carboxylic acids is 1. The molecular formula is C9H9BrF2N2O2. The Morgan fingerprint density at radius 3 is 2.75 bits per heavy atom. The van der Waals surface area contributed by atoms with E-state index in [0.717, 1.165) is 13.2 Å². The first-order chi connectivity index (χ1) is 7.51. The zero-order valence-corrected chi connectivity index (χ0v) is 9.92. The molecule has 0 radical (unpaired) electrons. The van der Waals surface area contributed by atoms with Crippen LogP contribution in [0.25, 0.3) is 0 Å². The fraction of sp³-hybridized carbons (Fsp3) is 0.333. The third-order valence-electron chi connectivity index (χ3n) is 1.88. The summed E-state index contributed by atoms with van der Waals surface area (Å²) >= 11 is 3.08. The topological polar surface area (TPSA) is 65.2 Å². The predicted molar refractivity (Wildman–Crippen MR) is 56.1 cm³/mol. The van der Waals surface area contributed by atoms with Crippen LogP contribution in [-0.4, -0.2) is 18.1 Å². The van der Waals surface area contributed by atoms with Crippen molar-refractivity contribution in [1.82, 2.24) is 4.98 Å². The number of alkyl halides is 2. The fourth-order valence-corrected chi connectivity index (χ4v) is 1.62. The van der Waals surface area contributed by atoms with E-state index in [1.807, 2.05) is 0 Å². The molecule has 0 unspecified atom stereocenters. The predicted octanol–water partition coefficient (Wildman–Crippen LogP) is 2.03. The van der Waals surface area contributed by atoms with Crippen molar-refractivity contribution in [1.29, 1.82) is 0 Å². The molecule has 0 aliphatic carbocycles. The average Bonchev–Trinajstić information content (AvgIpc) is 2.28. The summed E-state index contributed by atoms with van der Waals surface area (Å²) in [6.07, 6.45) is -2.76. The van der Waals surface area contributed by atoms with Crippen LogP contribution in [0.5, 0.6) is 0 Å². The second-order valence-electron chi connectivity index (χ2n) is 2.87. The maximum atomic E-state index is 12.5. The van der Waals surface area contributed by atoms with Gasteiger partial charge in [0.2, 0.25) is 0 Å². The zero-order chi connectivity index (χ0) is 12.3. The molecule has 0 saturated heterocycles. The van der Waals surface area contributed by atoms with E-state index in [9.17, 15) is 13.6 Å². The molecule has 0 aliphatic heterocycles. The molecule has 16 heavy (non-hydrogen) atoms. The molecule has 88 valence electrons. The molecular weight excluding hydrogens is 286 g/mol. The van der Waals surface area contributed by atoms with Crippen LogP contribution in [0.2, 0.25) is 0 Å². The lowest BCUT2D eigenvalue weighted by Gasteiger charge is -2.09. The molecule has 0 saturated carbocycles. The smallest absolute Gasteiger partial charge is 0.357 e. The van der Waals surface area contributed by atoms with E-state index < -0.39 is 18.1 Å². The number of ether oxygens (including phenoxy) is 1. The molecule has 0 fully saturated rings. The van der Waals surface area contributed by atoms with Crippen LogP contribution >= 0.6 is 15.9 Å². The summed E-state index contributed by atoms with van der Waals surface area (Å²) in [5.41, 5.74) is 5.07. The first-order valence-electron chi connectivity index (χ1n) is 4.27. The first-order valence-corrected chi connectivity index (χ1v) is 5.06. The Bertz CT molecular complexity index is 413. The third kappa shape index (κ3) is 2.53. The van der Waals surface area contributed by atoms with Gasteiger partial charge in [-0.3, -0.25) is 0 Å². The van der Waals surface area contributed by atoms with Gasteiger partial charge in [-0.1, -0.05) is 0 Å². The Labute approximate surface area is 98.9 Å². The molecule has 0 amide bonds. The maximum absolute atomic E-state index is 12.5. The number of carbonyl (C=O) groups is 1. The van der Waals surface area contributed by atoms with Crippen LogP contribution in [0.3, 0.4) is 0 Å². The summed E-state index contributed by atoms with van der Waals surface area (Å²) in [6, 6.07) is 1.15. The molecule has 1 rings (SSSR count). The van der Waals surface area contributed by atoms with Crippen molar-refractivity contribution >= 4 is 21.9 Å². The largest absolute Gasteiger partial charge is 0.464 e. The third-order valence-corrected chi connectivity index (χ3v) is 2.76. The summed E-state index contributed by atoms with van der Waals surface area (Å²) < 4.78 is 29.7. The highest BCUT2D eigenvalue weighted by molar-refractivity contribution is 9.10. The monoisotopic (exact) mass is 294 g/mol. The number of hydrogen-bond donors (Lipinski definition) is 1. The lowest BCUT2D eigenvalue weighted by molar-refractivity contribution is 0.0591. The maximum Gasteiger partial charge on any atom is 0.357 e. The molecule has 4 nitrogen and oxygen atoms in total. The van der Waals surface area contributed by atoms with Crippen molar-refractivity contribution in [3.63, 3.8) is 0 Å². The summed E-state index contributed by atoms with van der Waals surface area (Å²) in [4.78, 5) is 14.8. The number of nitrogens with two attached hydrogens (primary N) is 1. The molecule has 1 aromatic heterocycles. The Morgan fingerprint density at radius 2 is 2.31 bits per heavy atom. The molecule has 0 aromatic carbocycles. The average molecular weight is 295 g/mol. The van der Waals surface area contributed by atoms with Gasteiger partial charge in [0.25, 0.3) is 6.43 Å². The Balaban J connectivity index is 3.35. The number of nitrogens with zero attached hydrogens (tertiary/aromatic N) is 1. The lowest BCUT2D eigenvalue weighted by atomic mass is 10.2. The number of rotatable bonds is 3. The summed E-state index contributed by atoms with van der Waals surface area (Å²) in [7, 11) is 1.15. The minimum atomic E-state index is -2.76. The van der Waals surface area contributed by atoms with Gasteiger partial charge in [0.15, 0.2) is 5.69 Å². The van der Waals surface area contributed by atoms with Crippen molar-refractivity contribution in [2.45, 2.75) is 13.0 Å². The molecule has 7 heteroatoms. The van der Waals surface area contributed by atoms with Gasteiger partial charge in [-0.15, -0.1) is 0 Å². The van der Waals surface area contributed by atoms with E-state index in [1.165, 1.54) is 0 Å². The van der Waals surface area contributed by atoms with Crippen LogP contribution in [0.4, 0.5) is 8.78 Å². The van der Waals surface area contributed by atoms with Gasteiger partial charge in [0, 0.05) is 6.54 Å². The molecule has 0 atom stereocenters. The van der Waals surface area contributed by atoms with Gasteiger partial charge in [0.1, 0.15) is 5.69 Å². The van der Waals surface area contributed by atoms with Gasteiger partial charge in [-0.25, -0.2) is 18.6 Å². The van der Waals surface area contributed by atoms with Gasteiger partial charge < -0.3 is 10.5 Å². The van der Waals surface area contributed by atoms with Gasteiger partial charge in [0.05, 0.1) is 11.6 Å². The zero-order valence-electron chi connectivity index (χ0n) is 8.34. The van der Waals surface area contributed by atoms with E-state index in [1.54, 1.807) is 0 Å². The Kier molecular flexibility index (Phi) is 4.31. The summed E-state index contributed by atoms with van der Waals surface area (Å²) in [5, 5.41) is 0. The van der Waals surface area contributed by atoms with Crippen molar-refractivity contribution in [2.75, 3.05) is 7.11 Å². The number of esters is 1. The summed E-state index contributed by atoms with van der Waals surface area (Å²) in [6.45, 7) is 0.0207. The van der Waals surface area contributed by atoms with Crippen molar-refractivity contribution in [2.24, 2.45) is 5.73 Å². The van der Waals surface area contributed by atoms with Crippen LogP contribution in [0.1, 0.15) is 28.2 Å². The van der Waals surface area contributed by atoms with Gasteiger partial charge in [-0.2, -0.15) is 0 Å². The highest BCUT2D eigenvalue weighted by Gasteiger charge is 2.20. The van der Waals surface area contributed by atoms with E-state index in [-0.39, 0.29) is 16.7 Å². The summed E-state index contributed by atoms with van der Waals surface area (Å²) in [5.74, 6) is -0.788. The van der Waals surface area contributed by atoms with Crippen LogP contribution in [0.15, 0.2) is 10.5 Å². The van der Waals surface area contributed by atoms with Gasteiger partial charge in [-0.05, 0) is 27.6 Å². The number of pyridine rings is 1. The molecule has 0 aliphatic rings. The Hall–Kier alpha value is -1.08. The van der Waals surface area contributed by atoms with Gasteiger partial charge >= 0.3 is 5.97 Å². The van der Waals surface area contributed by atoms with E-state index in [0.29, 0.717) is 5.56 Å². The standard InChI is InChI=1S/C9H9BrF2N2O2/c1-16-9(15)7-6(10)4(3-13)2-5(14-7)8(11)12/h2,8H,3,13H2,1H3. The molecule has 1 aromatic rings. The SMILES string of the molecule is COC(=O)c1nc(C(F)F)cc(CN)c1Br. The highest BCUT2D eigenvalue weighted by atomic mass is 79.9. The molecule has 2 N–H and O–H groups in total. The minimum Gasteiger partial charge on any atom is -0.464 e. The molecule has 0 bridgehead atoms. The lowest BCUT2D eigenvalue weighted by Crippen LogP contribution is -2.11. The normalized spacial score (nSPS) is 10.6. The second kappa shape index (κ2) is 5.31. The number of aromatic nitrogens is 1.